The molecule has 0 aromatic carbocycles. The Morgan fingerprint density at radius 2 is 2.17 bits per heavy atom. The lowest BCUT2D eigenvalue weighted by Crippen LogP contribution is -2.46. The molecule has 0 unspecified atom stereocenters. The zero-order valence-electron chi connectivity index (χ0n) is 10.7. The number of hydrogen-bond acceptors (Lipinski definition) is 6. The maximum Gasteiger partial charge on any atom is 0.305 e. The van der Waals surface area contributed by atoms with E-state index in [1.54, 1.807) is 13.8 Å². The smallest absolute Gasteiger partial charge is 0.305 e. The first kappa shape index (κ1) is 13.7. The minimum Gasteiger partial charge on any atom is -0.481 e. The van der Waals surface area contributed by atoms with Crippen LogP contribution in [-0.2, 0) is 23.7 Å². The molecule has 0 aliphatic carbocycles. The van der Waals surface area contributed by atoms with Gasteiger partial charge in [0.25, 0.3) is 0 Å². The predicted octanol–water partition coefficient (Wildman–Crippen LogP) is -0.320. The first-order chi connectivity index (χ1) is 8.34. The van der Waals surface area contributed by atoms with Gasteiger partial charge in [-0.3, -0.25) is 4.79 Å². The van der Waals surface area contributed by atoms with Gasteiger partial charge < -0.3 is 29.8 Å². The van der Waals surface area contributed by atoms with Gasteiger partial charge in [-0.2, -0.15) is 0 Å². The van der Waals surface area contributed by atoms with E-state index in [0.717, 1.165) is 0 Å². The van der Waals surface area contributed by atoms with Gasteiger partial charge in [-0.1, -0.05) is 0 Å². The van der Waals surface area contributed by atoms with E-state index in [1.807, 2.05) is 0 Å². The van der Waals surface area contributed by atoms with Crippen LogP contribution in [0.3, 0.4) is 0 Å². The molecule has 7 heteroatoms. The molecule has 0 radical (unpaired) electrons. The molecule has 3 N–H and O–H groups in total. The Morgan fingerprint density at radius 1 is 1.50 bits per heavy atom. The van der Waals surface area contributed by atoms with Crippen molar-refractivity contribution in [3.05, 3.63) is 0 Å². The van der Waals surface area contributed by atoms with Crippen molar-refractivity contribution < 1.29 is 28.8 Å². The number of carbonyl (C=O) groups is 1. The fourth-order valence-corrected chi connectivity index (χ4v) is 2.43. The van der Waals surface area contributed by atoms with E-state index in [0.29, 0.717) is 0 Å². The normalized spacial score (nSPS) is 39.6. The molecule has 18 heavy (non-hydrogen) atoms. The molecule has 0 spiro atoms. The van der Waals surface area contributed by atoms with Crippen molar-refractivity contribution in [3.8, 4) is 0 Å². The zero-order valence-corrected chi connectivity index (χ0v) is 10.7. The molecule has 7 nitrogen and oxygen atoms in total. The Balaban J connectivity index is 2.06. The quantitative estimate of drug-likeness (QED) is 0.715. The topological polar surface area (TPSA) is 100 Å². The third-order valence-corrected chi connectivity index (χ3v) is 3.13. The third-order valence-electron chi connectivity index (χ3n) is 3.13. The van der Waals surface area contributed by atoms with Gasteiger partial charge in [-0.25, -0.2) is 0 Å². The Kier molecular flexibility index (Phi) is 3.61. The number of fused-ring (bicyclic) bond motifs is 1. The van der Waals surface area contributed by atoms with Crippen molar-refractivity contribution in [1.29, 1.82) is 0 Å². The second kappa shape index (κ2) is 4.75. The van der Waals surface area contributed by atoms with Gasteiger partial charge in [0.05, 0.1) is 6.42 Å². The maximum absolute atomic E-state index is 10.7. The highest BCUT2D eigenvalue weighted by atomic mass is 16.8. The number of aliphatic carboxylic acids is 1. The fraction of sp³-hybridized carbons (Fsp3) is 0.909. The summed E-state index contributed by atoms with van der Waals surface area (Å²) in [6, 6.07) is -0.659. The van der Waals surface area contributed by atoms with Gasteiger partial charge in [0.1, 0.15) is 18.3 Å². The molecule has 0 saturated carbocycles. The van der Waals surface area contributed by atoms with E-state index < -0.39 is 36.3 Å². The average Bonchev–Trinajstić information content (AvgIpc) is 2.68. The van der Waals surface area contributed by atoms with Crippen LogP contribution in [0.5, 0.6) is 0 Å². The Labute approximate surface area is 105 Å². The molecule has 0 aromatic heterocycles. The van der Waals surface area contributed by atoms with Crippen LogP contribution in [0, 0.1) is 0 Å². The molecule has 2 fully saturated rings. The minimum atomic E-state index is -0.972. The standard InChI is InChI=1S/C11H19NO6/c1-11(2)17-9-8(15-3)7(16-10(9)18-11)5(12)4-6(13)14/h5,7-10H,4,12H2,1-3H3,(H,13,14)/t5-,7+,8-,9+,10+/m0/s1. The number of hydrogen-bond donors (Lipinski definition) is 2. The number of methoxy groups -OCH3 is 1. The number of nitrogens with two attached hydrogens (primary N) is 1. The molecule has 5 atom stereocenters. The lowest BCUT2D eigenvalue weighted by molar-refractivity contribution is -0.219. The van der Waals surface area contributed by atoms with Gasteiger partial charge in [0.15, 0.2) is 12.1 Å². The first-order valence-electron chi connectivity index (χ1n) is 5.85. The Bertz CT molecular complexity index is 333. The zero-order chi connectivity index (χ0) is 13.5. The van der Waals surface area contributed by atoms with E-state index in [9.17, 15) is 4.79 Å². The second-order valence-corrected chi connectivity index (χ2v) is 5.03. The summed E-state index contributed by atoms with van der Waals surface area (Å²) >= 11 is 0. The molecule has 104 valence electrons. The van der Waals surface area contributed by atoms with Gasteiger partial charge >= 0.3 is 5.97 Å². The number of rotatable bonds is 4. The number of carboxylic acid groups (broad SMARTS) is 1. The summed E-state index contributed by atoms with van der Waals surface area (Å²) in [4.78, 5) is 10.7. The molecule has 2 saturated heterocycles. The van der Waals surface area contributed by atoms with E-state index in [-0.39, 0.29) is 12.5 Å². The molecule has 0 amide bonds. The summed E-state index contributed by atoms with van der Waals surface area (Å²) in [6.45, 7) is 3.57. The van der Waals surface area contributed by atoms with Crippen LogP contribution >= 0.6 is 0 Å². The minimum absolute atomic E-state index is 0.187. The van der Waals surface area contributed by atoms with Gasteiger partial charge in [-0.15, -0.1) is 0 Å². The Morgan fingerprint density at radius 3 is 2.72 bits per heavy atom. The van der Waals surface area contributed by atoms with Crippen LogP contribution in [0.2, 0.25) is 0 Å². The van der Waals surface area contributed by atoms with Crippen molar-refractivity contribution in [2.75, 3.05) is 7.11 Å². The lowest BCUT2D eigenvalue weighted by atomic mass is 10.0. The average molecular weight is 261 g/mol. The van der Waals surface area contributed by atoms with Crippen molar-refractivity contribution in [1.82, 2.24) is 0 Å². The van der Waals surface area contributed by atoms with E-state index >= 15 is 0 Å². The second-order valence-electron chi connectivity index (χ2n) is 5.03. The van der Waals surface area contributed by atoms with Gasteiger partial charge in [-0.05, 0) is 13.8 Å². The highest BCUT2D eigenvalue weighted by molar-refractivity contribution is 5.67. The summed E-state index contributed by atoms with van der Waals surface area (Å²) in [6.07, 6.45) is -2.10. The number of carboxylic acids is 1. The van der Waals surface area contributed by atoms with E-state index in [4.69, 9.17) is 29.8 Å². The molecular formula is C11H19NO6. The van der Waals surface area contributed by atoms with Crippen LogP contribution in [0.15, 0.2) is 0 Å². The molecule has 0 aromatic rings. The molecule has 2 heterocycles. The molecular weight excluding hydrogens is 242 g/mol. The van der Waals surface area contributed by atoms with Crippen molar-refractivity contribution >= 4 is 5.97 Å². The first-order valence-corrected chi connectivity index (χ1v) is 5.85. The summed E-state index contributed by atoms with van der Waals surface area (Å²) in [5, 5.41) is 8.75. The molecule has 2 rings (SSSR count). The van der Waals surface area contributed by atoms with Crippen molar-refractivity contribution in [3.63, 3.8) is 0 Å². The summed E-state index contributed by atoms with van der Waals surface area (Å²) in [5.41, 5.74) is 5.82. The predicted molar refractivity (Wildman–Crippen MR) is 59.7 cm³/mol. The highest BCUT2D eigenvalue weighted by Crippen LogP contribution is 2.39. The SMILES string of the molecule is CO[C@@H]1[C@H]2OC(C)(C)O[C@H]2O[C@@H]1[C@@H](N)CC(=O)O. The Hall–Kier alpha value is -0.730. The van der Waals surface area contributed by atoms with Crippen molar-refractivity contribution in [2.24, 2.45) is 5.73 Å². The van der Waals surface area contributed by atoms with Gasteiger partial charge in [0, 0.05) is 13.2 Å². The highest BCUT2D eigenvalue weighted by Gasteiger charge is 2.56. The monoisotopic (exact) mass is 261 g/mol. The van der Waals surface area contributed by atoms with Crippen molar-refractivity contribution in [2.45, 2.75) is 56.7 Å². The summed E-state index contributed by atoms with van der Waals surface area (Å²) in [7, 11) is 1.52. The third kappa shape index (κ3) is 2.50. The van der Waals surface area contributed by atoms with E-state index in [1.165, 1.54) is 7.11 Å². The van der Waals surface area contributed by atoms with Crippen LogP contribution in [-0.4, -0.2) is 54.6 Å². The molecule has 2 aliphatic rings. The van der Waals surface area contributed by atoms with E-state index in [2.05, 4.69) is 0 Å². The number of ether oxygens (including phenoxy) is 4. The largest absolute Gasteiger partial charge is 0.481 e. The van der Waals surface area contributed by atoms with Crippen LogP contribution in [0.4, 0.5) is 0 Å². The summed E-state index contributed by atoms with van der Waals surface area (Å²) < 4.78 is 22.2. The summed E-state index contributed by atoms with van der Waals surface area (Å²) in [5.74, 6) is -1.70. The molecule has 2 aliphatic heterocycles. The maximum atomic E-state index is 10.7. The molecule has 0 bridgehead atoms. The van der Waals surface area contributed by atoms with Crippen LogP contribution in [0.25, 0.3) is 0 Å². The lowest BCUT2D eigenvalue weighted by Gasteiger charge is -2.27. The van der Waals surface area contributed by atoms with Crippen LogP contribution < -0.4 is 5.73 Å². The van der Waals surface area contributed by atoms with Crippen LogP contribution in [0.1, 0.15) is 20.3 Å². The van der Waals surface area contributed by atoms with Gasteiger partial charge in [0.2, 0.25) is 0 Å². The fourth-order valence-electron chi connectivity index (χ4n) is 2.43.